The van der Waals surface area contributed by atoms with Gasteiger partial charge in [0, 0.05) is 61.6 Å². The summed E-state index contributed by atoms with van der Waals surface area (Å²) in [5.41, 5.74) is 9.55. The molecule has 89 heavy (non-hydrogen) atoms. The molecule has 6 heterocycles. The van der Waals surface area contributed by atoms with Crippen LogP contribution in [0.15, 0.2) is 93.5 Å². The minimum absolute atomic E-state index is 0.0647. The summed E-state index contributed by atoms with van der Waals surface area (Å²) in [4.78, 5) is 81.9. The number of sulfonamides is 1. The Balaban J connectivity index is 0.776. The zero-order chi connectivity index (χ0) is 63.2. The third kappa shape index (κ3) is 18.4. The molecule has 1 unspecified atom stereocenters. The van der Waals surface area contributed by atoms with E-state index in [1.54, 1.807) is 32.5 Å². The third-order valence-electron chi connectivity index (χ3n) is 17.8. The van der Waals surface area contributed by atoms with Crippen molar-refractivity contribution in [3.8, 4) is 0 Å². The predicted octanol–water partition coefficient (Wildman–Crippen LogP) is 6.19. The van der Waals surface area contributed by atoms with Crippen LogP contribution in [0, 0.1) is 0 Å². The van der Waals surface area contributed by atoms with Crippen molar-refractivity contribution in [2.24, 2.45) is 15.7 Å². The van der Waals surface area contributed by atoms with Gasteiger partial charge in [0.15, 0.2) is 6.10 Å². The molecule has 1 aliphatic carbocycles. The number of ether oxygens (including phenoxy) is 2. The van der Waals surface area contributed by atoms with Crippen molar-refractivity contribution in [1.29, 1.82) is 0 Å². The van der Waals surface area contributed by atoms with Crippen LogP contribution in [-0.4, -0.2) is 195 Å². The van der Waals surface area contributed by atoms with Gasteiger partial charge in [-0.3, -0.25) is 24.1 Å². The fourth-order valence-corrected chi connectivity index (χ4v) is 14.8. The summed E-state index contributed by atoms with van der Waals surface area (Å²) < 4.78 is 39.3. The van der Waals surface area contributed by atoms with E-state index in [0.29, 0.717) is 90.1 Å². The number of nitrogens with zero attached hydrogens (tertiary/aromatic N) is 8. The summed E-state index contributed by atoms with van der Waals surface area (Å²) in [7, 11) is 2.66. The lowest BCUT2D eigenvalue weighted by Gasteiger charge is -2.42. The molecule has 2 saturated heterocycles. The number of hydrogen-bond acceptors (Lipinski definition) is 18. The number of hydrogen-bond donors (Lipinski definition) is 5. The molecule has 2 aromatic carbocycles. The number of nitrogens with one attached hydrogen (secondary N) is 4. The van der Waals surface area contributed by atoms with Crippen LogP contribution in [0.4, 0.5) is 0 Å². The SMILES string of the molecule is C[C@H]1N=C(N2CCN(C(=O)[C@@H](CCCCNS(C)(=O)=O)NC3CCCCC3)[C@H](C(=O)NCc3cccs3)C2)O[C@H]1c1ccc(CN(C)CCCC[C@H](C(=O)N2CCN(C3=NC(C)(C)C(c4ccccc4)O3)C[C@H]2C(=O)NCc2cc(CN)cs2)N(C)C)cc1. The number of benzene rings is 2. The number of carbonyl (C=O) groups excluding carboxylic acids is 4. The van der Waals surface area contributed by atoms with Crippen LogP contribution >= 0.6 is 22.7 Å². The first-order valence-corrected chi connectivity index (χ1v) is 35.5. The second-order valence-corrected chi connectivity index (χ2v) is 29.3. The monoisotopic (exact) mass is 1280 g/mol. The maximum Gasteiger partial charge on any atom is 0.288 e. The molecule has 4 aliphatic heterocycles. The maximum atomic E-state index is 14.8. The molecule has 486 valence electrons. The summed E-state index contributed by atoms with van der Waals surface area (Å²) in [5, 5.41) is 13.9. The zero-order valence-corrected chi connectivity index (χ0v) is 55.6. The smallest absolute Gasteiger partial charge is 0.288 e. The standard InChI is InChI=1S/C65H95N13O8S3/c1-45-57(85-63(70-45)75-32-34-77(55(42-75)59(79)67-39-51-23-18-36-87-51)61(81)53(71-50-21-12-9-13-22-50)24-14-16-30-69-89(7,83)84)48-28-26-46(27-29-48)41-74(6)31-17-15-25-54(73(4)5)62(82)78-35-33-76(43-56(78)60(80)68-40-52-37-47(38-66)44-88-52)64-72-65(2,3)58(86-64)49-19-10-8-11-20-49/h8,10-11,18-20,23,26-29,36-37,44-45,50,53-58,69,71H,9,12-17,21-22,24-25,30-35,38-43,66H2,1-7H3,(H,67,79)(H,68,80)/t45-,53-,54-,55+,56+,57-,58?/m1/s1. The van der Waals surface area contributed by atoms with Gasteiger partial charge in [-0.2, -0.15) is 0 Å². The van der Waals surface area contributed by atoms with Crippen LogP contribution < -0.4 is 26.4 Å². The van der Waals surface area contributed by atoms with E-state index in [2.05, 4.69) is 70.7 Å². The molecule has 4 aromatic rings. The molecule has 2 aromatic heterocycles. The molecule has 0 radical (unpaired) electrons. The minimum Gasteiger partial charge on any atom is -0.455 e. The lowest BCUT2D eigenvalue weighted by atomic mass is 9.93. The number of amides is 4. The summed E-state index contributed by atoms with van der Waals surface area (Å²) in [6.07, 6.45) is 9.98. The van der Waals surface area contributed by atoms with Crippen LogP contribution in [-0.2, 0) is 64.9 Å². The van der Waals surface area contributed by atoms with Gasteiger partial charge < -0.3 is 55.7 Å². The molecule has 0 spiro atoms. The lowest BCUT2D eigenvalue weighted by Crippen LogP contribution is -2.64. The zero-order valence-electron chi connectivity index (χ0n) is 53.1. The topological polar surface area (TPSA) is 239 Å². The van der Waals surface area contributed by atoms with Gasteiger partial charge in [0.1, 0.15) is 23.7 Å². The fraction of sp³-hybridized carbons (Fsp3) is 0.600. The second-order valence-electron chi connectivity index (χ2n) is 25.4. The number of unbranched alkanes of at least 4 members (excludes halogenated alkanes) is 2. The quantitative estimate of drug-likeness (QED) is 0.0419. The molecular formula is C65H95N13O8S3. The van der Waals surface area contributed by atoms with Crippen molar-refractivity contribution in [3.05, 3.63) is 116 Å². The molecule has 0 bridgehead atoms. The number of likely N-dealkylation sites (N-methyl/N-ethyl adjacent to an activating group) is 1. The largest absolute Gasteiger partial charge is 0.455 e. The first-order chi connectivity index (χ1) is 42.7. The first-order valence-electron chi connectivity index (χ1n) is 31.9. The van der Waals surface area contributed by atoms with Gasteiger partial charge in [-0.05, 0) is 132 Å². The van der Waals surface area contributed by atoms with Crippen molar-refractivity contribution < 1.29 is 37.1 Å². The Bertz CT molecular complexity index is 3140. The van der Waals surface area contributed by atoms with Crippen molar-refractivity contribution in [2.75, 3.05) is 79.8 Å². The van der Waals surface area contributed by atoms with Crippen molar-refractivity contribution in [3.63, 3.8) is 0 Å². The molecule has 6 N–H and O–H groups in total. The van der Waals surface area contributed by atoms with E-state index >= 15 is 0 Å². The van der Waals surface area contributed by atoms with Crippen LogP contribution in [0.3, 0.4) is 0 Å². The van der Waals surface area contributed by atoms with Crippen LogP contribution in [0.1, 0.15) is 136 Å². The summed E-state index contributed by atoms with van der Waals surface area (Å²) in [5.74, 6) is -0.634. The summed E-state index contributed by atoms with van der Waals surface area (Å²) >= 11 is 3.12. The number of nitrogens with two attached hydrogens (primary N) is 1. The Hall–Kier alpha value is -5.99. The number of rotatable bonds is 27. The minimum atomic E-state index is -3.32. The first kappa shape index (κ1) is 67.4. The fourth-order valence-electron chi connectivity index (χ4n) is 12.8. The van der Waals surface area contributed by atoms with Gasteiger partial charge in [-0.1, -0.05) is 92.8 Å². The van der Waals surface area contributed by atoms with Crippen molar-refractivity contribution in [2.45, 2.75) is 172 Å². The summed E-state index contributed by atoms with van der Waals surface area (Å²) in [6.45, 7) is 11.2. The van der Waals surface area contributed by atoms with Gasteiger partial charge in [0.25, 0.3) is 12.0 Å². The van der Waals surface area contributed by atoms with E-state index in [1.807, 2.05) is 95.0 Å². The Morgan fingerprint density at radius 3 is 2.06 bits per heavy atom. The van der Waals surface area contributed by atoms with E-state index in [1.165, 1.54) is 6.42 Å². The average Bonchev–Trinajstić information content (AvgIpc) is 3.21. The van der Waals surface area contributed by atoms with Gasteiger partial charge in [0.2, 0.25) is 33.7 Å². The second kappa shape index (κ2) is 31.4. The number of thiophene rings is 2. The van der Waals surface area contributed by atoms with E-state index in [9.17, 15) is 27.6 Å². The van der Waals surface area contributed by atoms with Crippen LogP contribution in [0.2, 0.25) is 0 Å². The predicted molar refractivity (Wildman–Crippen MR) is 351 cm³/mol. The molecule has 5 aliphatic rings. The van der Waals surface area contributed by atoms with Crippen LogP contribution in [0.5, 0.6) is 0 Å². The lowest BCUT2D eigenvalue weighted by molar-refractivity contribution is -0.147. The average molecular weight is 1280 g/mol. The van der Waals surface area contributed by atoms with Gasteiger partial charge in [-0.25, -0.2) is 23.1 Å². The van der Waals surface area contributed by atoms with E-state index in [-0.39, 0.29) is 61.0 Å². The molecular weight excluding hydrogens is 1190 g/mol. The number of amidine groups is 2. The Morgan fingerprint density at radius 1 is 0.753 bits per heavy atom. The number of aliphatic imine (C=N–C) groups is 2. The van der Waals surface area contributed by atoms with Gasteiger partial charge >= 0.3 is 0 Å². The highest BCUT2D eigenvalue weighted by atomic mass is 32.2. The molecule has 21 nitrogen and oxygen atoms in total. The molecule has 3 fully saturated rings. The molecule has 7 atom stereocenters. The van der Waals surface area contributed by atoms with Crippen molar-refractivity contribution >= 4 is 68.4 Å². The maximum absolute atomic E-state index is 14.8. The van der Waals surface area contributed by atoms with Gasteiger partial charge in [-0.15, -0.1) is 22.7 Å². The number of piperazine rings is 2. The van der Waals surface area contributed by atoms with E-state index in [4.69, 9.17) is 25.2 Å². The Labute approximate surface area is 535 Å². The molecule has 24 heteroatoms. The van der Waals surface area contributed by atoms with E-state index in [0.717, 1.165) is 89.9 Å². The Morgan fingerprint density at radius 2 is 1.42 bits per heavy atom. The highest BCUT2D eigenvalue weighted by molar-refractivity contribution is 7.88. The third-order valence-corrected chi connectivity index (χ3v) is 20.4. The van der Waals surface area contributed by atoms with Crippen molar-refractivity contribution in [1.82, 2.24) is 50.1 Å². The van der Waals surface area contributed by atoms with E-state index < -0.39 is 39.7 Å². The normalized spacial score (nSPS) is 22.2. The highest BCUT2D eigenvalue weighted by Crippen LogP contribution is 2.39. The summed E-state index contributed by atoms with van der Waals surface area (Å²) in [6, 6.07) is 23.0. The number of carbonyl (C=O) groups is 4. The molecule has 1 saturated carbocycles. The molecule has 4 amide bonds. The van der Waals surface area contributed by atoms with Crippen LogP contribution in [0.25, 0.3) is 0 Å². The molecule has 9 rings (SSSR count). The highest BCUT2D eigenvalue weighted by Gasteiger charge is 2.46. The Kier molecular flexibility index (Phi) is 23.7. The van der Waals surface area contributed by atoms with Gasteiger partial charge in [0.05, 0.1) is 50.6 Å².